The zero-order valence-corrected chi connectivity index (χ0v) is 14.5. The number of benzene rings is 1. The first kappa shape index (κ1) is 16.1. The predicted molar refractivity (Wildman–Crippen MR) is 97.7 cm³/mol. The lowest BCUT2D eigenvalue weighted by Crippen LogP contribution is -2.04. The van der Waals surface area contributed by atoms with E-state index in [0.717, 1.165) is 22.1 Å². The molecule has 4 aromatic rings. The number of aryl methyl sites for hydroxylation is 1. The van der Waals surface area contributed by atoms with Crippen molar-refractivity contribution in [3.63, 3.8) is 0 Å². The average Bonchev–Trinajstić information content (AvgIpc) is 2.96. The van der Waals surface area contributed by atoms with Gasteiger partial charge in [0, 0.05) is 29.4 Å². The molecule has 0 radical (unpaired) electrons. The molecule has 1 aromatic carbocycles. The summed E-state index contributed by atoms with van der Waals surface area (Å²) in [6.07, 6.45) is 3.38. The number of hydrogen-bond donors (Lipinski definition) is 0. The fourth-order valence-electron chi connectivity index (χ4n) is 3.00. The van der Waals surface area contributed by atoms with Gasteiger partial charge in [0.2, 0.25) is 5.88 Å². The molecule has 0 unspecified atom stereocenters. The summed E-state index contributed by atoms with van der Waals surface area (Å²) in [5, 5.41) is 0.820. The van der Waals surface area contributed by atoms with Crippen molar-refractivity contribution < 1.29 is 14.3 Å². The quantitative estimate of drug-likeness (QED) is 0.519. The molecule has 3 heterocycles. The zero-order valence-electron chi connectivity index (χ0n) is 14.5. The molecule has 0 aliphatic rings. The minimum absolute atomic E-state index is 0.328. The molecular formula is C20H17N3O3. The molecule has 0 saturated carbocycles. The fraction of sp³-hybridized carbons (Fsp3) is 0.150. The molecule has 3 aromatic heterocycles. The number of ether oxygens (including phenoxy) is 2. The Kier molecular flexibility index (Phi) is 4.01. The standard InChI is InChI=1S/C20H17N3O3/c1-3-25-20(24)19-15-8-7-14(26-18-10-13(2)21-12-22-18)11-17(15)23-9-5-4-6-16(19)23/h4-12H,3H2,1-2H3. The number of carbonyl (C=O) groups is 1. The third-order valence-corrected chi connectivity index (χ3v) is 4.09. The molecule has 6 heteroatoms. The second kappa shape index (κ2) is 6.48. The van der Waals surface area contributed by atoms with E-state index in [9.17, 15) is 4.79 Å². The van der Waals surface area contributed by atoms with Gasteiger partial charge in [0.05, 0.1) is 23.2 Å². The maximum atomic E-state index is 12.5. The molecule has 0 spiro atoms. The van der Waals surface area contributed by atoms with Gasteiger partial charge < -0.3 is 13.9 Å². The molecule has 0 N–H and O–H groups in total. The first-order valence-electron chi connectivity index (χ1n) is 8.34. The number of esters is 1. The molecule has 0 amide bonds. The maximum absolute atomic E-state index is 12.5. The lowest BCUT2D eigenvalue weighted by atomic mass is 10.1. The van der Waals surface area contributed by atoms with E-state index in [2.05, 4.69) is 9.97 Å². The summed E-state index contributed by atoms with van der Waals surface area (Å²) in [7, 11) is 0. The van der Waals surface area contributed by atoms with E-state index >= 15 is 0 Å². The molecule has 0 bridgehead atoms. The molecule has 130 valence electrons. The van der Waals surface area contributed by atoms with Crippen molar-refractivity contribution in [2.24, 2.45) is 0 Å². The molecule has 0 aliphatic carbocycles. The van der Waals surface area contributed by atoms with Crippen LogP contribution in [0.25, 0.3) is 16.4 Å². The zero-order chi connectivity index (χ0) is 18.1. The average molecular weight is 347 g/mol. The van der Waals surface area contributed by atoms with Crippen LogP contribution in [0, 0.1) is 6.92 Å². The highest BCUT2D eigenvalue weighted by Gasteiger charge is 2.19. The van der Waals surface area contributed by atoms with Gasteiger partial charge in [-0.15, -0.1) is 0 Å². The summed E-state index contributed by atoms with van der Waals surface area (Å²) in [5.41, 5.74) is 3.06. The van der Waals surface area contributed by atoms with Gasteiger partial charge in [-0.3, -0.25) is 0 Å². The minimum Gasteiger partial charge on any atom is -0.462 e. The molecule has 6 nitrogen and oxygen atoms in total. The van der Waals surface area contributed by atoms with E-state index < -0.39 is 0 Å². The minimum atomic E-state index is -0.328. The van der Waals surface area contributed by atoms with Crippen LogP contribution in [-0.2, 0) is 4.74 Å². The smallest absolute Gasteiger partial charge is 0.340 e. The molecule has 0 saturated heterocycles. The summed E-state index contributed by atoms with van der Waals surface area (Å²) in [6.45, 7) is 4.01. The first-order valence-corrected chi connectivity index (χ1v) is 8.34. The van der Waals surface area contributed by atoms with Gasteiger partial charge >= 0.3 is 5.97 Å². The van der Waals surface area contributed by atoms with Crippen LogP contribution in [0.2, 0.25) is 0 Å². The lowest BCUT2D eigenvalue weighted by Gasteiger charge is -2.05. The van der Waals surface area contributed by atoms with Crippen molar-refractivity contribution in [1.29, 1.82) is 0 Å². The summed E-state index contributed by atoms with van der Waals surface area (Å²) in [5.74, 6) is 0.781. The van der Waals surface area contributed by atoms with Crippen LogP contribution in [-0.4, -0.2) is 26.9 Å². The fourth-order valence-corrected chi connectivity index (χ4v) is 3.00. The van der Waals surface area contributed by atoms with Gasteiger partial charge in [0.25, 0.3) is 0 Å². The molecule has 0 atom stereocenters. The van der Waals surface area contributed by atoms with E-state index in [1.54, 1.807) is 13.0 Å². The normalized spacial score (nSPS) is 11.0. The van der Waals surface area contributed by atoms with Crippen LogP contribution in [0.15, 0.2) is 55.0 Å². The maximum Gasteiger partial charge on any atom is 0.340 e. The number of aromatic nitrogens is 3. The van der Waals surface area contributed by atoms with Gasteiger partial charge in [0.1, 0.15) is 12.1 Å². The van der Waals surface area contributed by atoms with Gasteiger partial charge in [-0.25, -0.2) is 14.8 Å². The van der Waals surface area contributed by atoms with E-state index in [-0.39, 0.29) is 5.97 Å². The van der Waals surface area contributed by atoms with Crippen LogP contribution in [0.4, 0.5) is 0 Å². The third kappa shape index (κ3) is 2.75. The van der Waals surface area contributed by atoms with Gasteiger partial charge in [-0.2, -0.15) is 0 Å². The Morgan fingerprint density at radius 2 is 2.00 bits per heavy atom. The number of fused-ring (bicyclic) bond motifs is 3. The predicted octanol–water partition coefficient (Wildman–Crippen LogP) is 4.16. The van der Waals surface area contributed by atoms with Crippen LogP contribution < -0.4 is 4.74 Å². The van der Waals surface area contributed by atoms with Crippen molar-refractivity contribution >= 4 is 22.4 Å². The number of rotatable bonds is 4. The monoisotopic (exact) mass is 347 g/mol. The lowest BCUT2D eigenvalue weighted by molar-refractivity contribution is 0.0531. The number of hydrogen-bond acceptors (Lipinski definition) is 5. The Morgan fingerprint density at radius 1 is 1.12 bits per heavy atom. The van der Waals surface area contributed by atoms with Crippen molar-refractivity contribution in [1.82, 2.24) is 14.4 Å². The number of carbonyl (C=O) groups excluding carboxylic acids is 1. The largest absolute Gasteiger partial charge is 0.462 e. The van der Waals surface area contributed by atoms with Crippen molar-refractivity contribution in [3.05, 3.63) is 66.2 Å². The van der Waals surface area contributed by atoms with Gasteiger partial charge in [-0.05, 0) is 38.1 Å². The Hall–Kier alpha value is -3.41. The highest BCUT2D eigenvalue weighted by atomic mass is 16.5. The summed E-state index contributed by atoms with van der Waals surface area (Å²) in [6, 6.07) is 13.1. The molecule has 0 fully saturated rings. The molecule has 4 rings (SSSR count). The van der Waals surface area contributed by atoms with Crippen molar-refractivity contribution in [2.75, 3.05) is 6.61 Å². The third-order valence-electron chi connectivity index (χ3n) is 4.09. The second-order valence-corrected chi connectivity index (χ2v) is 5.83. The van der Waals surface area contributed by atoms with Crippen LogP contribution in [0.5, 0.6) is 11.6 Å². The topological polar surface area (TPSA) is 65.7 Å². The number of pyridine rings is 1. The van der Waals surface area contributed by atoms with Crippen LogP contribution in [0.3, 0.4) is 0 Å². The molecule has 0 aliphatic heterocycles. The number of nitrogens with zero attached hydrogens (tertiary/aromatic N) is 3. The Bertz CT molecular complexity index is 1120. The summed E-state index contributed by atoms with van der Waals surface area (Å²) in [4.78, 5) is 20.7. The molecule has 26 heavy (non-hydrogen) atoms. The van der Waals surface area contributed by atoms with E-state index in [4.69, 9.17) is 9.47 Å². The first-order chi connectivity index (χ1) is 12.7. The van der Waals surface area contributed by atoms with Crippen LogP contribution >= 0.6 is 0 Å². The van der Waals surface area contributed by atoms with Crippen molar-refractivity contribution in [2.45, 2.75) is 13.8 Å². The van der Waals surface area contributed by atoms with E-state index in [1.807, 2.05) is 53.9 Å². The molecular weight excluding hydrogens is 330 g/mol. The SMILES string of the molecule is CCOC(=O)c1c2ccc(Oc3cc(C)ncn3)cc2n2ccccc12. The highest BCUT2D eigenvalue weighted by molar-refractivity contribution is 6.11. The summed E-state index contributed by atoms with van der Waals surface area (Å²) < 4.78 is 13.1. The second-order valence-electron chi connectivity index (χ2n) is 5.83. The van der Waals surface area contributed by atoms with Crippen molar-refractivity contribution in [3.8, 4) is 11.6 Å². The summed E-state index contributed by atoms with van der Waals surface area (Å²) >= 11 is 0. The Balaban J connectivity index is 1.86. The van der Waals surface area contributed by atoms with E-state index in [1.165, 1.54) is 6.33 Å². The van der Waals surface area contributed by atoms with Crippen LogP contribution in [0.1, 0.15) is 23.0 Å². The Labute approximate surface area is 150 Å². The Morgan fingerprint density at radius 3 is 2.81 bits per heavy atom. The van der Waals surface area contributed by atoms with E-state index in [0.29, 0.717) is 23.8 Å². The van der Waals surface area contributed by atoms with Gasteiger partial charge in [0.15, 0.2) is 0 Å². The highest BCUT2D eigenvalue weighted by Crippen LogP contribution is 2.31. The van der Waals surface area contributed by atoms with Gasteiger partial charge in [-0.1, -0.05) is 6.07 Å².